The maximum Gasteiger partial charge on any atom is 0.305 e. The van der Waals surface area contributed by atoms with Crippen LogP contribution in [0.1, 0.15) is 19.3 Å². The lowest BCUT2D eigenvalue weighted by molar-refractivity contribution is -0.142. The van der Waals surface area contributed by atoms with Gasteiger partial charge in [0, 0.05) is 6.42 Å². The van der Waals surface area contributed by atoms with Crippen molar-refractivity contribution in [2.24, 2.45) is 5.92 Å². The summed E-state index contributed by atoms with van der Waals surface area (Å²) in [5.74, 6) is 0.408. The van der Waals surface area contributed by atoms with Gasteiger partial charge in [-0.05, 0) is 31.8 Å². The second kappa shape index (κ2) is 6.19. The van der Waals surface area contributed by atoms with Gasteiger partial charge in [0.2, 0.25) is 0 Å². The molecule has 1 fully saturated rings. The second-order valence-corrected chi connectivity index (χ2v) is 4.69. The van der Waals surface area contributed by atoms with Crippen LogP contribution in [-0.4, -0.2) is 45.7 Å². The standard InChI is InChI=1S/C9H17NO4S/c1-14-9(11)6-8-2-4-10(5-3-8)7-15(12)13/h8H,2-7H2,1H3,(H,12,13). The zero-order chi connectivity index (χ0) is 11.3. The Balaban J connectivity index is 2.23. The number of ether oxygens (including phenoxy) is 1. The molecule has 0 aromatic rings. The van der Waals surface area contributed by atoms with E-state index < -0.39 is 11.1 Å². The summed E-state index contributed by atoms with van der Waals surface area (Å²) in [6, 6.07) is 0. The lowest BCUT2D eigenvalue weighted by atomic mass is 9.94. The third-order valence-corrected chi connectivity index (χ3v) is 3.27. The highest BCUT2D eigenvalue weighted by atomic mass is 32.2. The number of carbonyl (C=O) groups excluding carboxylic acids is 1. The molecule has 0 aromatic heterocycles. The van der Waals surface area contributed by atoms with E-state index in [9.17, 15) is 9.00 Å². The third-order valence-electron chi connectivity index (χ3n) is 2.68. The minimum absolute atomic E-state index is 0.167. The smallest absolute Gasteiger partial charge is 0.305 e. The summed E-state index contributed by atoms with van der Waals surface area (Å²) < 4.78 is 23.9. The van der Waals surface area contributed by atoms with Crippen molar-refractivity contribution in [1.82, 2.24) is 4.90 Å². The first kappa shape index (κ1) is 12.6. The van der Waals surface area contributed by atoms with Crippen molar-refractivity contribution in [2.45, 2.75) is 19.3 Å². The van der Waals surface area contributed by atoms with Gasteiger partial charge in [0.25, 0.3) is 0 Å². The lowest BCUT2D eigenvalue weighted by Crippen LogP contribution is -2.36. The number of carbonyl (C=O) groups is 1. The van der Waals surface area contributed by atoms with Gasteiger partial charge < -0.3 is 9.29 Å². The molecule has 1 unspecified atom stereocenters. The van der Waals surface area contributed by atoms with Gasteiger partial charge in [-0.3, -0.25) is 9.69 Å². The quantitative estimate of drug-likeness (QED) is 0.566. The number of rotatable bonds is 4. The third kappa shape index (κ3) is 4.72. The molecule has 1 heterocycles. The molecule has 0 amide bonds. The van der Waals surface area contributed by atoms with E-state index in [1.54, 1.807) is 0 Å². The highest BCUT2D eigenvalue weighted by molar-refractivity contribution is 7.79. The molecule has 1 aliphatic rings. The van der Waals surface area contributed by atoms with Crippen LogP contribution in [0.3, 0.4) is 0 Å². The maximum absolute atomic E-state index is 11.0. The fourth-order valence-corrected chi connectivity index (χ4v) is 2.37. The normalized spacial score (nSPS) is 21.2. The number of piperidine rings is 1. The Bertz CT molecular complexity index is 238. The number of esters is 1. The summed E-state index contributed by atoms with van der Waals surface area (Å²) in [7, 11) is 1.40. The van der Waals surface area contributed by atoms with Crippen LogP contribution in [0, 0.1) is 5.92 Å². The average molecular weight is 235 g/mol. The monoisotopic (exact) mass is 235 g/mol. The highest BCUT2D eigenvalue weighted by Crippen LogP contribution is 2.20. The number of likely N-dealkylation sites (tertiary alicyclic amines) is 1. The van der Waals surface area contributed by atoms with E-state index in [4.69, 9.17) is 4.55 Å². The van der Waals surface area contributed by atoms with Crippen molar-refractivity contribution in [3.8, 4) is 0 Å². The molecule has 1 N–H and O–H groups in total. The van der Waals surface area contributed by atoms with Crippen molar-refractivity contribution in [3.63, 3.8) is 0 Å². The van der Waals surface area contributed by atoms with Crippen molar-refractivity contribution >= 4 is 17.0 Å². The Labute approximate surface area is 92.1 Å². The fraction of sp³-hybridized carbons (Fsp3) is 0.889. The Morgan fingerprint density at radius 2 is 2.13 bits per heavy atom. The van der Waals surface area contributed by atoms with Gasteiger partial charge in [0.15, 0.2) is 11.1 Å². The molecule has 0 bridgehead atoms. The van der Waals surface area contributed by atoms with Crippen LogP contribution in [0.5, 0.6) is 0 Å². The molecule has 0 aliphatic carbocycles. The van der Waals surface area contributed by atoms with Gasteiger partial charge >= 0.3 is 5.97 Å². The van der Waals surface area contributed by atoms with Crippen LogP contribution in [-0.2, 0) is 20.6 Å². The van der Waals surface area contributed by atoms with Gasteiger partial charge in [-0.1, -0.05) is 0 Å². The molecule has 5 nitrogen and oxygen atoms in total. The summed E-state index contributed by atoms with van der Waals surface area (Å²) in [4.78, 5) is 13.0. The molecule has 1 rings (SSSR count). The number of nitrogens with zero attached hydrogens (tertiary/aromatic N) is 1. The van der Waals surface area contributed by atoms with Crippen molar-refractivity contribution in [2.75, 3.05) is 26.1 Å². The molecule has 1 atom stereocenters. The van der Waals surface area contributed by atoms with Crippen molar-refractivity contribution in [3.05, 3.63) is 0 Å². The molecule has 0 saturated carbocycles. The molecule has 0 spiro atoms. The first-order valence-electron chi connectivity index (χ1n) is 4.98. The molecule has 1 saturated heterocycles. The molecule has 15 heavy (non-hydrogen) atoms. The molecule has 0 radical (unpaired) electrons. The summed E-state index contributed by atoms with van der Waals surface area (Å²) >= 11 is -1.75. The summed E-state index contributed by atoms with van der Waals surface area (Å²) in [5.41, 5.74) is 0. The fourth-order valence-electron chi connectivity index (χ4n) is 1.79. The largest absolute Gasteiger partial charge is 0.469 e. The Morgan fingerprint density at radius 3 is 2.60 bits per heavy atom. The molecular formula is C9H17NO4S. The Kier molecular flexibility index (Phi) is 5.21. The van der Waals surface area contributed by atoms with E-state index in [2.05, 4.69) is 4.74 Å². The van der Waals surface area contributed by atoms with Crippen LogP contribution >= 0.6 is 0 Å². The van der Waals surface area contributed by atoms with E-state index in [-0.39, 0.29) is 11.8 Å². The van der Waals surface area contributed by atoms with E-state index in [0.29, 0.717) is 12.3 Å². The molecule has 0 aromatic carbocycles. The zero-order valence-corrected chi connectivity index (χ0v) is 9.66. The topological polar surface area (TPSA) is 66.8 Å². The Morgan fingerprint density at radius 1 is 1.53 bits per heavy atom. The Hall–Kier alpha value is -0.460. The van der Waals surface area contributed by atoms with Gasteiger partial charge in [0.1, 0.15) is 5.88 Å². The predicted octanol–water partition coefficient (Wildman–Crippen LogP) is 0.441. The number of hydrogen-bond acceptors (Lipinski definition) is 4. The number of hydrogen-bond donors (Lipinski definition) is 1. The van der Waals surface area contributed by atoms with Crippen molar-refractivity contribution in [1.29, 1.82) is 0 Å². The van der Waals surface area contributed by atoms with Crippen LogP contribution in [0.15, 0.2) is 0 Å². The SMILES string of the molecule is COC(=O)CC1CCN(CS(=O)O)CC1. The zero-order valence-electron chi connectivity index (χ0n) is 8.85. The summed E-state index contributed by atoms with van der Waals surface area (Å²) in [5, 5.41) is 0. The van der Waals surface area contributed by atoms with Crippen LogP contribution in [0.4, 0.5) is 0 Å². The number of methoxy groups -OCH3 is 1. The summed E-state index contributed by atoms with van der Waals surface area (Å²) in [6.07, 6.45) is 2.26. The minimum atomic E-state index is -1.75. The van der Waals surface area contributed by atoms with Crippen LogP contribution in [0.2, 0.25) is 0 Å². The molecule has 6 heteroatoms. The van der Waals surface area contributed by atoms with Crippen LogP contribution < -0.4 is 0 Å². The minimum Gasteiger partial charge on any atom is -0.469 e. The molecule has 88 valence electrons. The highest BCUT2D eigenvalue weighted by Gasteiger charge is 2.22. The van der Waals surface area contributed by atoms with E-state index in [1.165, 1.54) is 7.11 Å². The van der Waals surface area contributed by atoms with Gasteiger partial charge in [0.05, 0.1) is 7.11 Å². The average Bonchev–Trinajstić information content (AvgIpc) is 2.20. The van der Waals surface area contributed by atoms with E-state index in [0.717, 1.165) is 25.9 Å². The molecule has 1 aliphatic heterocycles. The predicted molar refractivity (Wildman–Crippen MR) is 56.6 cm³/mol. The van der Waals surface area contributed by atoms with Gasteiger partial charge in [-0.25, -0.2) is 4.21 Å². The summed E-state index contributed by atoms with van der Waals surface area (Å²) in [6.45, 7) is 1.57. The van der Waals surface area contributed by atoms with Gasteiger partial charge in [-0.15, -0.1) is 0 Å². The first-order valence-corrected chi connectivity index (χ1v) is 6.26. The van der Waals surface area contributed by atoms with E-state index in [1.807, 2.05) is 4.90 Å². The molecular weight excluding hydrogens is 218 g/mol. The maximum atomic E-state index is 11.0. The van der Waals surface area contributed by atoms with Crippen LogP contribution in [0.25, 0.3) is 0 Å². The second-order valence-electron chi connectivity index (χ2n) is 3.79. The van der Waals surface area contributed by atoms with Gasteiger partial charge in [-0.2, -0.15) is 0 Å². The first-order chi connectivity index (χ1) is 7.11. The lowest BCUT2D eigenvalue weighted by Gasteiger charge is -2.30. The van der Waals surface area contributed by atoms with E-state index >= 15 is 0 Å². The van der Waals surface area contributed by atoms with Crippen molar-refractivity contribution < 1.29 is 18.3 Å².